The molecule has 2 heterocycles. The summed E-state index contributed by atoms with van der Waals surface area (Å²) in [6.45, 7) is 2.02. The second-order valence-corrected chi connectivity index (χ2v) is 3.97. The minimum Gasteiger partial charge on any atom is -0.497 e. The highest BCUT2D eigenvalue weighted by Crippen LogP contribution is 2.30. The molecule has 2 aromatic heterocycles. The predicted octanol–water partition coefficient (Wildman–Crippen LogP) is 2.37. The van der Waals surface area contributed by atoms with Crippen molar-refractivity contribution in [2.24, 2.45) is 7.05 Å². The molecule has 0 amide bonds. The first-order valence-corrected chi connectivity index (χ1v) is 5.19. The van der Waals surface area contributed by atoms with Crippen molar-refractivity contribution in [2.45, 2.75) is 6.92 Å². The van der Waals surface area contributed by atoms with Crippen molar-refractivity contribution in [2.75, 3.05) is 7.11 Å². The number of aromatic nitrogens is 3. The van der Waals surface area contributed by atoms with Crippen LogP contribution >= 0.6 is 0 Å². The maximum absolute atomic E-state index is 5.25. The van der Waals surface area contributed by atoms with Crippen LogP contribution in [0.5, 0.6) is 5.75 Å². The molecule has 82 valence electrons. The van der Waals surface area contributed by atoms with Crippen LogP contribution in [0.2, 0.25) is 0 Å². The number of H-pyrrole nitrogens is 1. The fraction of sp³-hybridized carbons (Fsp3) is 0.250. The molecule has 3 aromatic rings. The summed E-state index contributed by atoms with van der Waals surface area (Å²) in [6.07, 6.45) is 0. The van der Waals surface area contributed by atoms with Gasteiger partial charge < -0.3 is 9.72 Å². The van der Waals surface area contributed by atoms with Crippen LogP contribution in [0.15, 0.2) is 18.2 Å². The molecule has 0 bridgehead atoms. The quantitative estimate of drug-likeness (QED) is 0.677. The first-order chi connectivity index (χ1) is 7.70. The van der Waals surface area contributed by atoms with Gasteiger partial charge in [0.2, 0.25) is 0 Å². The summed E-state index contributed by atoms with van der Waals surface area (Å²) in [5.41, 5.74) is 3.21. The van der Waals surface area contributed by atoms with Crippen LogP contribution in [0.3, 0.4) is 0 Å². The van der Waals surface area contributed by atoms with Crippen LogP contribution in [-0.2, 0) is 7.05 Å². The Morgan fingerprint density at radius 2 is 2.19 bits per heavy atom. The molecule has 0 fully saturated rings. The van der Waals surface area contributed by atoms with Gasteiger partial charge in [0.25, 0.3) is 0 Å². The van der Waals surface area contributed by atoms with Gasteiger partial charge in [0.05, 0.1) is 12.8 Å². The highest BCUT2D eigenvalue weighted by atomic mass is 16.5. The molecule has 0 unspecified atom stereocenters. The average Bonchev–Trinajstić information content (AvgIpc) is 2.77. The molecule has 16 heavy (non-hydrogen) atoms. The van der Waals surface area contributed by atoms with Gasteiger partial charge in [0.15, 0.2) is 0 Å². The maximum Gasteiger partial charge on any atom is 0.136 e. The Morgan fingerprint density at radius 3 is 2.94 bits per heavy atom. The van der Waals surface area contributed by atoms with Crippen LogP contribution < -0.4 is 4.74 Å². The Bertz CT molecular complexity index is 678. The van der Waals surface area contributed by atoms with Crippen molar-refractivity contribution >= 4 is 21.9 Å². The smallest absolute Gasteiger partial charge is 0.136 e. The highest BCUT2D eigenvalue weighted by molar-refractivity contribution is 6.07. The fourth-order valence-corrected chi connectivity index (χ4v) is 2.22. The molecule has 0 saturated carbocycles. The number of aromatic amines is 1. The summed E-state index contributed by atoms with van der Waals surface area (Å²) in [6, 6.07) is 6.04. The lowest BCUT2D eigenvalue weighted by molar-refractivity contribution is 0.415. The largest absolute Gasteiger partial charge is 0.497 e. The fourth-order valence-electron chi connectivity index (χ4n) is 2.22. The summed E-state index contributed by atoms with van der Waals surface area (Å²) in [4.78, 5) is 3.36. The van der Waals surface area contributed by atoms with E-state index < -0.39 is 0 Å². The van der Waals surface area contributed by atoms with Gasteiger partial charge in [-0.2, -0.15) is 5.10 Å². The molecule has 3 rings (SSSR count). The molecule has 0 atom stereocenters. The van der Waals surface area contributed by atoms with Crippen LogP contribution in [-0.4, -0.2) is 21.9 Å². The Labute approximate surface area is 92.8 Å². The van der Waals surface area contributed by atoms with E-state index in [9.17, 15) is 0 Å². The SMILES string of the molecule is COc1ccc2[nH]c3c(c(C)nn3C)c2c1. The number of rotatable bonds is 1. The molecule has 0 aliphatic heterocycles. The predicted molar refractivity (Wildman–Crippen MR) is 63.9 cm³/mol. The average molecular weight is 215 g/mol. The van der Waals surface area contributed by atoms with E-state index in [0.717, 1.165) is 22.6 Å². The lowest BCUT2D eigenvalue weighted by Crippen LogP contribution is -1.90. The molecule has 4 nitrogen and oxygen atoms in total. The van der Waals surface area contributed by atoms with Crippen molar-refractivity contribution in [3.63, 3.8) is 0 Å². The molecule has 0 aliphatic carbocycles. The monoisotopic (exact) mass is 215 g/mol. The summed E-state index contributed by atoms with van der Waals surface area (Å²) >= 11 is 0. The van der Waals surface area contributed by atoms with Gasteiger partial charge in [-0.1, -0.05) is 0 Å². The van der Waals surface area contributed by atoms with Gasteiger partial charge in [-0.15, -0.1) is 0 Å². The number of hydrogen-bond acceptors (Lipinski definition) is 2. The number of benzene rings is 1. The maximum atomic E-state index is 5.25. The van der Waals surface area contributed by atoms with Crippen LogP contribution in [0.1, 0.15) is 5.69 Å². The number of methoxy groups -OCH3 is 1. The van der Waals surface area contributed by atoms with Gasteiger partial charge in [-0.25, -0.2) is 0 Å². The van der Waals surface area contributed by atoms with E-state index in [1.807, 2.05) is 36.9 Å². The summed E-state index contributed by atoms with van der Waals surface area (Å²) in [5, 5.41) is 6.74. The Morgan fingerprint density at radius 1 is 1.38 bits per heavy atom. The lowest BCUT2D eigenvalue weighted by Gasteiger charge is -1.98. The topological polar surface area (TPSA) is 42.8 Å². The van der Waals surface area contributed by atoms with Crippen molar-refractivity contribution in [1.82, 2.24) is 14.8 Å². The van der Waals surface area contributed by atoms with Crippen LogP contribution in [0, 0.1) is 6.92 Å². The van der Waals surface area contributed by atoms with Gasteiger partial charge >= 0.3 is 0 Å². The molecule has 4 heteroatoms. The zero-order chi connectivity index (χ0) is 11.3. The number of hydrogen-bond donors (Lipinski definition) is 1. The molecule has 1 aromatic carbocycles. The summed E-state index contributed by atoms with van der Waals surface area (Å²) < 4.78 is 7.12. The van der Waals surface area contributed by atoms with E-state index in [1.165, 1.54) is 10.8 Å². The van der Waals surface area contributed by atoms with E-state index in [0.29, 0.717) is 0 Å². The molecule has 0 saturated heterocycles. The number of ether oxygens (including phenoxy) is 1. The van der Waals surface area contributed by atoms with Crippen LogP contribution in [0.25, 0.3) is 21.9 Å². The first kappa shape index (κ1) is 9.27. The standard InChI is InChI=1S/C12H13N3O/c1-7-11-9-6-8(16-3)4-5-10(9)13-12(11)15(2)14-7/h4-6,13H,1-3H3. The van der Waals surface area contributed by atoms with E-state index in [1.54, 1.807) is 7.11 Å². The van der Waals surface area contributed by atoms with Gasteiger partial charge in [0.1, 0.15) is 11.4 Å². The Balaban J connectivity index is 2.49. The second-order valence-electron chi connectivity index (χ2n) is 3.97. The minimum absolute atomic E-state index is 0.872. The molecule has 1 N–H and O–H groups in total. The zero-order valence-electron chi connectivity index (χ0n) is 9.53. The first-order valence-electron chi connectivity index (χ1n) is 5.19. The van der Waals surface area contributed by atoms with Crippen molar-refractivity contribution in [3.8, 4) is 5.75 Å². The zero-order valence-corrected chi connectivity index (χ0v) is 9.53. The minimum atomic E-state index is 0.872. The third-order valence-corrected chi connectivity index (χ3v) is 2.97. The summed E-state index contributed by atoms with van der Waals surface area (Å²) in [7, 11) is 3.63. The van der Waals surface area contributed by atoms with Crippen molar-refractivity contribution < 1.29 is 4.74 Å². The third-order valence-electron chi connectivity index (χ3n) is 2.97. The number of fused-ring (bicyclic) bond motifs is 3. The molecule has 0 radical (unpaired) electrons. The van der Waals surface area contributed by atoms with E-state index >= 15 is 0 Å². The van der Waals surface area contributed by atoms with E-state index in [2.05, 4.69) is 10.1 Å². The molecular weight excluding hydrogens is 202 g/mol. The third kappa shape index (κ3) is 1.07. The lowest BCUT2D eigenvalue weighted by atomic mass is 10.2. The Hall–Kier alpha value is -1.97. The van der Waals surface area contributed by atoms with E-state index in [4.69, 9.17) is 4.74 Å². The van der Waals surface area contributed by atoms with Gasteiger partial charge in [-0.05, 0) is 25.1 Å². The normalized spacial score (nSPS) is 11.4. The molecule has 0 aliphatic rings. The Kier molecular flexibility index (Phi) is 1.74. The summed E-state index contributed by atoms with van der Waals surface area (Å²) in [5.74, 6) is 0.872. The number of nitrogens with one attached hydrogen (secondary N) is 1. The van der Waals surface area contributed by atoms with Gasteiger partial charge in [0, 0.05) is 23.3 Å². The van der Waals surface area contributed by atoms with Crippen LogP contribution in [0.4, 0.5) is 0 Å². The van der Waals surface area contributed by atoms with Crippen molar-refractivity contribution in [1.29, 1.82) is 0 Å². The number of aryl methyl sites for hydroxylation is 2. The molecule has 0 spiro atoms. The van der Waals surface area contributed by atoms with Gasteiger partial charge in [-0.3, -0.25) is 4.68 Å². The number of nitrogens with zero attached hydrogens (tertiary/aromatic N) is 2. The van der Waals surface area contributed by atoms with E-state index in [-0.39, 0.29) is 0 Å². The van der Waals surface area contributed by atoms with Crippen molar-refractivity contribution in [3.05, 3.63) is 23.9 Å². The highest BCUT2D eigenvalue weighted by Gasteiger charge is 2.12. The second kappa shape index (κ2) is 3.01. The molecular formula is C12H13N3O.